The van der Waals surface area contributed by atoms with E-state index in [1.165, 1.54) is 0 Å². The molecule has 2 aliphatic heterocycles. The number of carbonyl (C=O) groups is 2. The summed E-state index contributed by atoms with van der Waals surface area (Å²) in [5.41, 5.74) is -0.289. The molecule has 0 unspecified atom stereocenters. The van der Waals surface area contributed by atoms with Gasteiger partial charge in [-0.25, -0.2) is 14.8 Å². The summed E-state index contributed by atoms with van der Waals surface area (Å²) >= 11 is 0. The molecule has 0 bridgehead atoms. The first-order chi connectivity index (χ1) is 17.4. The van der Waals surface area contributed by atoms with Gasteiger partial charge in [-0.3, -0.25) is 4.79 Å². The predicted octanol–water partition coefficient (Wildman–Crippen LogP) is 2.66. The highest BCUT2D eigenvalue weighted by molar-refractivity contribution is 5.93. The molecule has 2 N–H and O–H groups in total. The lowest BCUT2D eigenvalue weighted by Gasteiger charge is -2.31. The first kappa shape index (κ1) is 26.6. The molecule has 12 nitrogen and oxygen atoms in total. The Kier molecular flexibility index (Phi) is 7.56. The highest BCUT2D eigenvalue weighted by Crippen LogP contribution is 2.24. The van der Waals surface area contributed by atoms with E-state index in [1.54, 1.807) is 12.4 Å². The van der Waals surface area contributed by atoms with Gasteiger partial charge in [-0.1, -0.05) is 25.9 Å². The molecule has 2 aromatic heterocycles. The molecule has 37 heavy (non-hydrogen) atoms. The minimum Gasteiger partial charge on any atom is -0.444 e. The van der Waals surface area contributed by atoms with Gasteiger partial charge in [0.15, 0.2) is 5.82 Å². The van der Waals surface area contributed by atoms with Gasteiger partial charge >= 0.3 is 12.1 Å². The molecule has 0 aliphatic carbocycles. The van der Waals surface area contributed by atoms with Gasteiger partial charge in [0.2, 0.25) is 5.95 Å². The zero-order valence-electron chi connectivity index (χ0n) is 22.6. The fourth-order valence-electron chi connectivity index (χ4n) is 4.27. The van der Waals surface area contributed by atoms with E-state index in [1.807, 2.05) is 46.4 Å². The largest absolute Gasteiger partial charge is 0.444 e. The maximum Gasteiger partial charge on any atom is 0.407 e. The van der Waals surface area contributed by atoms with Crippen LogP contribution in [0.3, 0.4) is 0 Å². The molecular weight excluding hydrogens is 476 g/mol. The van der Waals surface area contributed by atoms with E-state index in [-0.39, 0.29) is 23.4 Å². The fourth-order valence-corrected chi connectivity index (χ4v) is 4.27. The maximum absolute atomic E-state index is 12.8. The number of carbonyl (C=O) groups excluding carboxylic acids is 2. The number of nitrogens with zero attached hydrogens (tertiary/aromatic N) is 6. The third kappa shape index (κ3) is 7.07. The van der Waals surface area contributed by atoms with Gasteiger partial charge < -0.3 is 29.7 Å². The van der Waals surface area contributed by atoms with Crippen molar-refractivity contribution < 1.29 is 18.8 Å². The van der Waals surface area contributed by atoms with E-state index in [9.17, 15) is 9.59 Å². The second kappa shape index (κ2) is 10.5. The summed E-state index contributed by atoms with van der Waals surface area (Å²) in [5, 5.41) is 10.1. The van der Waals surface area contributed by atoms with E-state index in [4.69, 9.17) is 9.26 Å². The number of anilines is 2. The van der Waals surface area contributed by atoms with Crippen molar-refractivity contribution in [2.45, 2.75) is 83.9 Å². The quantitative estimate of drug-likeness (QED) is 0.612. The van der Waals surface area contributed by atoms with Gasteiger partial charge in [0.25, 0.3) is 5.91 Å². The van der Waals surface area contributed by atoms with Crippen molar-refractivity contribution in [1.82, 2.24) is 30.7 Å². The Morgan fingerprint density at radius 2 is 1.57 bits per heavy atom. The van der Waals surface area contributed by atoms with Crippen LogP contribution in [0.1, 0.15) is 77.0 Å². The van der Waals surface area contributed by atoms with Crippen LogP contribution in [0.25, 0.3) is 0 Å². The zero-order valence-corrected chi connectivity index (χ0v) is 22.6. The van der Waals surface area contributed by atoms with Gasteiger partial charge in [-0.15, -0.1) is 0 Å². The van der Waals surface area contributed by atoms with Crippen molar-refractivity contribution in [2.24, 2.45) is 0 Å². The Labute approximate surface area is 217 Å². The molecule has 4 rings (SSSR count). The van der Waals surface area contributed by atoms with E-state index in [0.29, 0.717) is 36.4 Å². The maximum atomic E-state index is 12.8. The number of amides is 2. The van der Waals surface area contributed by atoms with Crippen LogP contribution in [0.2, 0.25) is 0 Å². The third-order valence-corrected chi connectivity index (χ3v) is 6.28. The predicted molar refractivity (Wildman–Crippen MR) is 138 cm³/mol. The first-order valence-electron chi connectivity index (χ1n) is 12.8. The van der Waals surface area contributed by atoms with E-state index >= 15 is 0 Å². The zero-order chi connectivity index (χ0) is 26.8. The first-order valence-corrected chi connectivity index (χ1v) is 12.8. The number of ether oxygens (including phenoxy) is 1. The van der Waals surface area contributed by atoms with Crippen molar-refractivity contribution >= 4 is 24.0 Å². The van der Waals surface area contributed by atoms with Crippen LogP contribution in [0.15, 0.2) is 16.9 Å². The minimum atomic E-state index is -0.539. The van der Waals surface area contributed by atoms with Gasteiger partial charge in [0.1, 0.15) is 5.60 Å². The molecule has 12 heteroatoms. The highest BCUT2D eigenvalue weighted by atomic mass is 16.6. The summed E-state index contributed by atoms with van der Waals surface area (Å²) in [6.07, 6.45) is 4.99. The Morgan fingerprint density at radius 1 is 0.946 bits per heavy atom. The second-order valence-electron chi connectivity index (χ2n) is 11.7. The molecule has 4 heterocycles. The van der Waals surface area contributed by atoms with Gasteiger partial charge in [-0.2, -0.15) is 4.98 Å². The molecular formula is C25H38N8O4. The van der Waals surface area contributed by atoms with Crippen molar-refractivity contribution in [3.8, 4) is 0 Å². The second-order valence-corrected chi connectivity index (χ2v) is 11.7. The molecule has 2 aromatic rings. The summed E-state index contributed by atoms with van der Waals surface area (Å²) in [7, 11) is 0. The molecule has 2 aliphatic rings. The highest BCUT2D eigenvalue weighted by Gasteiger charge is 2.29. The smallest absolute Gasteiger partial charge is 0.407 e. The lowest BCUT2D eigenvalue weighted by Crippen LogP contribution is -2.45. The Morgan fingerprint density at radius 3 is 2.16 bits per heavy atom. The van der Waals surface area contributed by atoms with E-state index in [2.05, 4.69) is 35.6 Å². The normalized spacial score (nSPS) is 19.1. The topological polar surface area (TPSA) is 139 Å². The Hall–Kier alpha value is -3.44. The molecule has 0 spiro atoms. The number of piperidine rings is 1. The van der Waals surface area contributed by atoms with Crippen LogP contribution >= 0.6 is 0 Å². The van der Waals surface area contributed by atoms with E-state index < -0.39 is 11.7 Å². The molecule has 1 atom stereocenters. The van der Waals surface area contributed by atoms with Crippen LogP contribution in [-0.2, 0) is 10.2 Å². The summed E-state index contributed by atoms with van der Waals surface area (Å²) in [4.78, 5) is 42.2. The molecule has 0 radical (unpaired) electrons. The molecule has 0 saturated carbocycles. The van der Waals surface area contributed by atoms with Crippen molar-refractivity contribution in [1.29, 1.82) is 0 Å². The van der Waals surface area contributed by atoms with Crippen molar-refractivity contribution in [3.63, 3.8) is 0 Å². The lowest BCUT2D eigenvalue weighted by atomic mass is 9.96. The van der Waals surface area contributed by atoms with Gasteiger partial charge in [-0.05, 0) is 40.0 Å². The molecule has 202 valence electrons. The van der Waals surface area contributed by atoms with Crippen molar-refractivity contribution in [3.05, 3.63) is 23.8 Å². The standard InChI is InChI=1S/C25H38N8O4/c1-24(2,3)20-30-22(37-31-20)32-10-7-17(8-11-32)28-19(34)16-13-26-21(27-14-16)33-12-9-18(15-33)29-23(35)36-25(4,5)6/h13-14,17-18H,7-12,15H2,1-6H3,(H,28,34)(H,29,35)/t18-/m1/s1. The van der Waals surface area contributed by atoms with E-state index in [0.717, 1.165) is 32.4 Å². The summed E-state index contributed by atoms with van der Waals surface area (Å²) in [6.45, 7) is 14.4. The monoisotopic (exact) mass is 514 g/mol. The number of hydrogen-bond acceptors (Lipinski definition) is 10. The average molecular weight is 515 g/mol. The molecule has 2 saturated heterocycles. The van der Waals surface area contributed by atoms with Crippen LogP contribution < -0.4 is 20.4 Å². The third-order valence-electron chi connectivity index (χ3n) is 6.28. The van der Waals surface area contributed by atoms with Crippen LogP contribution in [0.4, 0.5) is 16.8 Å². The van der Waals surface area contributed by atoms with Crippen LogP contribution in [0.5, 0.6) is 0 Å². The average Bonchev–Trinajstić information content (AvgIpc) is 3.48. The summed E-state index contributed by atoms with van der Waals surface area (Å²) < 4.78 is 10.8. The Balaban J connectivity index is 1.23. The Bertz CT molecular complexity index is 1080. The van der Waals surface area contributed by atoms with Crippen LogP contribution in [0, 0.1) is 0 Å². The SMILES string of the molecule is CC(C)(C)OC(=O)N[C@@H]1CCN(c2ncc(C(=O)NC3CCN(c4nc(C(C)(C)C)no4)CC3)cn2)C1. The number of nitrogens with one attached hydrogen (secondary N) is 2. The molecule has 2 amide bonds. The number of rotatable bonds is 5. The van der Waals surface area contributed by atoms with Crippen LogP contribution in [-0.4, -0.2) is 76.0 Å². The van der Waals surface area contributed by atoms with Crippen molar-refractivity contribution in [2.75, 3.05) is 36.0 Å². The number of aromatic nitrogens is 4. The summed E-state index contributed by atoms with van der Waals surface area (Å²) in [5.74, 6) is 1.03. The van der Waals surface area contributed by atoms with Gasteiger partial charge in [0, 0.05) is 50.0 Å². The molecule has 2 fully saturated rings. The summed E-state index contributed by atoms with van der Waals surface area (Å²) in [6, 6.07) is 0.537. The fraction of sp³-hybridized carbons (Fsp3) is 0.680. The lowest BCUT2D eigenvalue weighted by molar-refractivity contribution is 0.0508. The number of alkyl carbamates (subject to hydrolysis) is 1. The van der Waals surface area contributed by atoms with Gasteiger partial charge in [0.05, 0.1) is 11.6 Å². The number of hydrogen-bond donors (Lipinski definition) is 2. The minimum absolute atomic E-state index is 0.0421. The molecule has 0 aromatic carbocycles.